The van der Waals surface area contributed by atoms with Crippen molar-refractivity contribution in [3.8, 4) is 0 Å². The lowest BCUT2D eigenvalue weighted by molar-refractivity contribution is 0.0280. The van der Waals surface area contributed by atoms with Crippen LogP contribution in [0, 0.1) is 0 Å². The van der Waals surface area contributed by atoms with Gasteiger partial charge in [0.25, 0.3) is 0 Å². The fraction of sp³-hybridized carbons (Fsp3) is 0.500. The third-order valence-electron chi connectivity index (χ3n) is 3.21. The molecule has 0 radical (unpaired) electrons. The first-order valence-corrected chi connectivity index (χ1v) is 5.64. The molecule has 1 fully saturated rings. The van der Waals surface area contributed by atoms with Crippen LogP contribution in [0.4, 0.5) is 0 Å². The molecule has 1 aliphatic rings. The highest BCUT2D eigenvalue weighted by Gasteiger charge is 2.42. The van der Waals surface area contributed by atoms with Gasteiger partial charge < -0.3 is 10.4 Å². The molecule has 0 amide bonds. The molecular weight excluding hydrogens is 245 g/mol. The molecule has 3 atom stereocenters. The standard InChI is InChI=1S/C12H16ClNO.ClH/c1-8-7-12(15,9(2)14-8)10-3-5-11(13)6-4-10;/h3-6,8-9,14-15H,7H2,1-2H3;1H. The van der Waals surface area contributed by atoms with Crippen LogP contribution in [-0.4, -0.2) is 17.2 Å². The van der Waals surface area contributed by atoms with Crippen LogP contribution in [0.2, 0.25) is 5.02 Å². The van der Waals surface area contributed by atoms with Gasteiger partial charge in [0.2, 0.25) is 0 Å². The van der Waals surface area contributed by atoms with Gasteiger partial charge in [0.1, 0.15) is 5.60 Å². The molecule has 0 aliphatic carbocycles. The van der Waals surface area contributed by atoms with E-state index in [-0.39, 0.29) is 18.4 Å². The van der Waals surface area contributed by atoms with E-state index in [2.05, 4.69) is 12.2 Å². The fourth-order valence-electron chi connectivity index (χ4n) is 2.37. The van der Waals surface area contributed by atoms with Gasteiger partial charge in [-0.05, 0) is 38.0 Å². The van der Waals surface area contributed by atoms with Gasteiger partial charge in [-0.15, -0.1) is 12.4 Å². The first-order chi connectivity index (χ1) is 7.02. The van der Waals surface area contributed by atoms with E-state index in [4.69, 9.17) is 11.6 Å². The Morgan fingerprint density at radius 1 is 1.31 bits per heavy atom. The highest BCUT2D eigenvalue weighted by molar-refractivity contribution is 6.30. The van der Waals surface area contributed by atoms with Gasteiger partial charge in [-0.3, -0.25) is 0 Å². The lowest BCUT2D eigenvalue weighted by Crippen LogP contribution is -2.38. The van der Waals surface area contributed by atoms with Crippen molar-refractivity contribution in [2.75, 3.05) is 0 Å². The van der Waals surface area contributed by atoms with E-state index >= 15 is 0 Å². The summed E-state index contributed by atoms with van der Waals surface area (Å²) < 4.78 is 0. The zero-order valence-electron chi connectivity index (χ0n) is 9.40. The summed E-state index contributed by atoms with van der Waals surface area (Å²) in [5.74, 6) is 0. The molecular formula is C12H17Cl2NO. The lowest BCUT2D eigenvalue weighted by Gasteiger charge is -2.27. The van der Waals surface area contributed by atoms with Crippen molar-refractivity contribution in [2.45, 2.75) is 38.0 Å². The van der Waals surface area contributed by atoms with Gasteiger partial charge in [-0.25, -0.2) is 0 Å². The van der Waals surface area contributed by atoms with Crippen molar-refractivity contribution in [3.63, 3.8) is 0 Å². The van der Waals surface area contributed by atoms with E-state index in [1.165, 1.54) is 0 Å². The zero-order chi connectivity index (χ0) is 11.1. The lowest BCUT2D eigenvalue weighted by atomic mass is 9.86. The van der Waals surface area contributed by atoms with Gasteiger partial charge in [-0.2, -0.15) is 0 Å². The van der Waals surface area contributed by atoms with Gasteiger partial charge >= 0.3 is 0 Å². The second kappa shape index (κ2) is 4.92. The number of rotatable bonds is 1. The van der Waals surface area contributed by atoms with Gasteiger partial charge in [0, 0.05) is 17.1 Å². The normalized spacial score (nSPS) is 33.5. The Labute approximate surface area is 107 Å². The Kier molecular flexibility index (Phi) is 4.24. The van der Waals surface area contributed by atoms with Crippen molar-refractivity contribution in [1.29, 1.82) is 0 Å². The molecule has 1 aliphatic heterocycles. The summed E-state index contributed by atoms with van der Waals surface area (Å²) in [5.41, 5.74) is 0.181. The summed E-state index contributed by atoms with van der Waals surface area (Å²) in [5, 5.41) is 14.6. The summed E-state index contributed by atoms with van der Waals surface area (Å²) in [6, 6.07) is 7.88. The third-order valence-corrected chi connectivity index (χ3v) is 3.46. The Morgan fingerprint density at radius 2 is 1.88 bits per heavy atom. The molecule has 0 saturated carbocycles. The van der Waals surface area contributed by atoms with Crippen LogP contribution >= 0.6 is 24.0 Å². The van der Waals surface area contributed by atoms with E-state index in [0.717, 1.165) is 12.0 Å². The van der Waals surface area contributed by atoms with Crippen LogP contribution in [0.25, 0.3) is 0 Å². The van der Waals surface area contributed by atoms with Crippen molar-refractivity contribution >= 4 is 24.0 Å². The highest BCUT2D eigenvalue weighted by Crippen LogP contribution is 2.35. The number of benzene rings is 1. The molecule has 4 heteroatoms. The summed E-state index contributed by atoms with van der Waals surface area (Å²) in [7, 11) is 0. The predicted octanol–water partition coefficient (Wildman–Crippen LogP) is 2.72. The third kappa shape index (κ3) is 2.35. The smallest absolute Gasteiger partial charge is 0.106 e. The quantitative estimate of drug-likeness (QED) is 0.815. The van der Waals surface area contributed by atoms with Crippen LogP contribution in [0.5, 0.6) is 0 Å². The summed E-state index contributed by atoms with van der Waals surface area (Å²) in [4.78, 5) is 0. The molecule has 1 aromatic rings. The number of hydrogen-bond acceptors (Lipinski definition) is 2. The molecule has 0 bridgehead atoms. The van der Waals surface area contributed by atoms with E-state index in [0.29, 0.717) is 11.1 Å². The molecule has 1 heterocycles. The highest BCUT2D eigenvalue weighted by atomic mass is 35.5. The zero-order valence-corrected chi connectivity index (χ0v) is 11.0. The second-order valence-corrected chi connectivity index (χ2v) is 4.86. The topological polar surface area (TPSA) is 32.3 Å². The van der Waals surface area contributed by atoms with Crippen molar-refractivity contribution in [2.24, 2.45) is 0 Å². The van der Waals surface area contributed by atoms with Crippen molar-refractivity contribution < 1.29 is 5.11 Å². The maximum atomic E-state index is 10.6. The molecule has 1 aromatic carbocycles. The van der Waals surface area contributed by atoms with E-state index in [9.17, 15) is 5.11 Å². The fourth-order valence-corrected chi connectivity index (χ4v) is 2.50. The molecule has 1 saturated heterocycles. The van der Waals surface area contributed by atoms with Crippen LogP contribution in [0.15, 0.2) is 24.3 Å². The molecule has 90 valence electrons. The largest absolute Gasteiger partial charge is 0.383 e. The Balaban J connectivity index is 0.00000128. The second-order valence-electron chi connectivity index (χ2n) is 4.42. The van der Waals surface area contributed by atoms with E-state index < -0.39 is 5.60 Å². The minimum atomic E-state index is -0.760. The number of halogens is 2. The van der Waals surface area contributed by atoms with Crippen molar-refractivity contribution in [1.82, 2.24) is 5.32 Å². The number of nitrogens with one attached hydrogen (secondary N) is 1. The predicted molar refractivity (Wildman–Crippen MR) is 69.3 cm³/mol. The summed E-state index contributed by atoms with van der Waals surface area (Å²) >= 11 is 5.83. The molecule has 0 aromatic heterocycles. The SMILES string of the molecule is CC1CC(O)(c2ccc(Cl)cc2)C(C)N1.Cl. The summed E-state index contributed by atoms with van der Waals surface area (Å²) in [6.07, 6.45) is 0.746. The van der Waals surface area contributed by atoms with Gasteiger partial charge in [0.05, 0.1) is 0 Å². The van der Waals surface area contributed by atoms with E-state index in [1.54, 1.807) is 0 Å². The van der Waals surface area contributed by atoms with Crippen molar-refractivity contribution in [3.05, 3.63) is 34.9 Å². The average Bonchev–Trinajstić information content (AvgIpc) is 2.42. The molecule has 2 rings (SSSR count). The first kappa shape index (κ1) is 13.8. The summed E-state index contributed by atoms with van der Waals surface area (Å²) in [6.45, 7) is 4.10. The molecule has 0 spiro atoms. The van der Waals surface area contributed by atoms with E-state index in [1.807, 2.05) is 31.2 Å². The Morgan fingerprint density at radius 3 is 2.31 bits per heavy atom. The maximum Gasteiger partial charge on any atom is 0.106 e. The van der Waals surface area contributed by atoms with Crippen LogP contribution in [0.1, 0.15) is 25.8 Å². The molecule has 3 unspecified atom stereocenters. The first-order valence-electron chi connectivity index (χ1n) is 5.27. The maximum absolute atomic E-state index is 10.6. The minimum Gasteiger partial charge on any atom is -0.383 e. The van der Waals surface area contributed by atoms with Gasteiger partial charge in [-0.1, -0.05) is 23.7 Å². The molecule has 2 nitrogen and oxygen atoms in total. The number of hydrogen-bond donors (Lipinski definition) is 2. The number of aliphatic hydroxyl groups is 1. The monoisotopic (exact) mass is 261 g/mol. The van der Waals surface area contributed by atoms with Crippen LogP contribution < -0.4 is 5.32 Å². The Hall–Kier alpha value is -0.280. The molecule has 2 N–H and O–H groups in total. The average molecular weight is 262 g/mol. The minimum absolute atomic E-state index is 0. The Bertz CT molecular complexity index is 355. The molecule has 16 heavy (non-hydrogen) atoms. The van der Waals surface area contributed by atoms with Gasteiger partial charge in [0.15, 0.2) is 0 Å². The van der Waals surface area contributed by atoms with Crippen LogP contribution in [-0.2, 0) is 5.60 Å². The van der Waals surface area contributed by atoms with Crippen LogP contribution in [0.3, 0.4) is 0 Å².